The molecule has 346 valence electrons. The van der Waals surface area contributed by atoms with Gasteiger partial charge in [-0.05, 0) is 166 Å². The molecule has 0 saturated carbocycles. The van der Waals surface area contributed by atoms with E-state index in [1.165, 1.54) is 0 Å². The molecule has 4 heteroatoms. The van der Waals surface area contributed by atoms with Crippen molar-refractivity contribution < 1.29 is 8.78 Å². The van der Waals surface area contributed by atoms with Gasteiger partial charge in [-0.25, -0.2) is 8.78 Å². The average molecular weight is 933 g/mol. The molecule has 0 bridgehead atoms. The molecule has 12 rings (SSSR count). The van der Waals surface area contributed by atoms with Crippen LogP contribution in [0.25, 0.3) is 76.8 Å². The Morgan fingerprint density at radius 3 is 0.958 bits per heavy atom. The molecule has 0 N–H and O–H groups in total. The van der Waals surface area contributed by atoms with E-state index >= 15 is 8.78 Å². The van der Waals surface area contributed by atoms with Crippen LogP contribution in [0.4, 0.5) is 42.9 Å². The molecule has 0 unspecified atom stereocenters. The van der Waals surface area contributed by atoms with Gasteiger partial charge in [0.1, 0.15) is 11.6 Å². The van der Waals surface area contributed by atoms with E-state index in [1.54, 1.807) is 12.1 Å². The lowest BCUT2D eigenvalue weighted by molar-refractivity contribution is 0.629. The molecule has 0 fully saturated rings. The van der Waals surface area contributed by atoms with E-state index < -0.39 is 0 Å². The molecule has 0 aliphatic rings. The summed E-state index contributed by atoms with van der Waals surface area (Å²) in [7, 11) is 0. The zero-order chi connectivity index (χ0) is 49.0. The Labute approximate surface area is 419 Å². The number of rotatable bonds is 10. The summed E-state index contributed by atoms with van der Waals surface area (Å²) < 4.78 is 35.7. The Balaban J connectivity index is 1.14. The minimum absolute atomic E-state index is 0.332. The first-order chi connectivity index (χ1) is 35.2. The first-order valence-corrected chi connectivity index (χ1v) is 24.5. The largest absolute Gasteiger partial charge is 0.307 e. The molecular weight excluding hydrogens is 883 g/mol. The Hall–Kier alpha value is -8.86. The van der Waals surface area contributed by atoms with Gasteiger partial charge in [0.15, 0.2) is 0 Å². The fourth-order valence-corrected chi connectivity index (χ4v) is 11.0. The van der Waals surface area contributed by atoms with Crippen LogP contribution >= 0.6 is 0 Å². The summed E-state index contributed by atoms with van der Waals surface area (Å²) in [5.74, 6) is -0.665. The van der Waals surface area contributed by atoms with Crippen LogP contribution in [-0.4, -0.2) is 0 Å². The van der Waals surface area contributed by atoms with Gasteiger partial charge in [-0.3, -0.25) is 0 Å². The maximum atomic E-state index is 17.9. The molecular formula is C68H50F2N2. The van der Waals surface area contributed by atoms with Crippen LogP contribution in [0.1, 0.15) is 22.3 Å². The standard InChI is InChI=1S/C68H50F2N2/c1-43-33-44(2)36-55(35-43)71(67-59(49-21-13-7-14-22-49)39-53(41-61(67)69)47-17-9-5-10-18-47)63-31-27-51-26-30-58-64(32-28-52-25-29-57(63)65(51)66(52)58)72(56-37-45(3)34-46(4)38-56)68-60(50-23-15-8-16-24-50)40-54(42-62(68)70)48-19-11-6-12-20-48/h5-42H,1-4H3. The van der Waals surface area contributed by atoms with Gasteiger partial charge >= 0.3 is 0 Å². The third-order valence-corrected chi connectivity index (χ3v) is 14.0. The second-order valence-corrected chi connectivity index (χ2v) is 19.1. The molecule has 0 spiro atoms. The molecule has 0 aliphatic carbocycles. The highest BCUT2D eigenvalue weighted by molar-refractivity contribution is 6.28. The number of benzene rings is 12. The Bertz CT molecular complexity index is 3680. The number of hydrogen-bond donors (Lipinski definition) is 0. The monoisotopic (exact) mass is 932 g/mol. The van der Waals surface area contributed by atoms with Crippen LogP contribution in [-0.2, 0) is 0 Å². The number of hydrogen-bond acceptors (Lipinski definition) is 2. The molecule has 2 nitrogen and oxygen atoms in total. The quantitative estimate of drug-likeness (QED) is 0.126. The van der Waals surface area contributed by atoms with Crippen LogP contribution in [0.15, 0.2) is 231 Å². The number of nitrogens with zero attached hydrogens (tertiary/aromatic N) is 2. The van der Waals surface area contributed by atoms with Gasteiger partial charge in [-0.15, -0.1) is 0 Å². The predicted molar refractivity (Wildman–Crippen MR) is 300 cm³/mol. The van der Waals surface area contributed by atoms with Gasteiger partial charge in [0, 0.05) is 33.3 Å². The van der Waals surface area contributed by atoms with E-state index in [0.717, 1.165) is 122 Å². The summed E-state index contributed by atoms with van der Waals surface area (Å²) in [5, 5.41) is 6.13. The lowest BCUT2D eigenvalue weighted by atomic mass is 9.90. The number of anilines is 6. The van der Waals surface area contributed by atoms with Crippen molar-refractivity contribution in [2.75, 3.05) is 9.80 Å². The fraction of sp³-hybridized carbons (Fsp3) is 0.0588. The molecule has 0 radical (unpaired) electrons. The normalized spacial score (nSPS) is 11.5. The predicted octanol–water partition coefficient (Wildman–Crippen LogP) is 19.7. The lowest BCUT2D eigenvalue weighted by Crippen LogP contribution is -2.15. The second-order valence-electron chi connectivity index (χ2n) is 19.1. The zero-order valence-corrected chi connectivity index (χ0v) is 40.6. The third kappa shape index (κ3) is 7.92. The average Bonchev–Trinajstić information content (AvgIpc) is 3.40. The van der Waals surface area contributed by atoms with Gasteiger partial charge in [-0.2, -0.15) is 0 Å². The minimum Gasteiger partial charge on any atom is -0.307 e. The molecule has 0 heterocycles. The first-order valence-electron chi connectivity index (χ1n) is 24.5. The SMILES string of the molecule is Cc1cc(C)cc(N(c2c(F)cc(-c3ccccc3)cc2-c2ccccc2)c2ccc3ccc4c(N(c5cc(C)cc(C)c5)c5c(F)cc(-c6ccccc6)cc5-c5ccccc5)ccc5ccc2c3c54)c1. The van der Waals surface area contributed by atoms with Crippen molar-refractivity contribution in [2.45, 2.75) is 27.7 Å². The summed E-state index contributed by atoms with van der Waals surface area (Å²) in [5.41, 5.74) is 15.5. The van der Waals surface area contributed by atoms with Crippen LogP contribution in [0.5, 0.6) is 0 Å². The smallest absolute Gasteiger partial charge is 0.148 e. The Kier molecular flexibility index (Phi) is 11.2. The Morgan fingerprint density at radius 1 is 0.292 bits per heavy atom. The van der Waals surface area contributed by atoms with Crippen LogP contribution in [0, 0.1) is 39.3 Å². The van der Waals surface area contributed by atoms with Crippen molar-refractivity contribution >= 4 is 66.4 Å². The Morgan fingerprint density at radius 2 is 0.611 bits per heavy atom. The topological polar surface area (TPSA) is 6.48 Å². The highest BCUT2D eigenvalue weighted by Gasteiger charge is 2.28. The van der Waals surface area contributed by atoms with Crippen LogP contribution in [0.2, 0.25) is 0 Å². The molecule has 0 aliphatic heterocycles. The summed E-state index contributed by atoms with van der Waals surface area (Å²) in [6, 6.07) is 78.1. The van der Waals surface area contributed by atoms with E-state index in [9.17, 15) is 0 Å². The first kappa shape index (κ1) is 44.4. The molecule has 12 aromatic rings. The van der Waals surface area contributed by atoms with Crippen LogP contribution < -0.4 is 9.80 Å². The number of halogens is 2. The molecule has 0 saturated heterocycles. The summed E-state index contributed by atoms with van der Waals surface area (Å²) in [6.45, 7) is 8.37. The molecule has 0 aromatic heterocycles. The van der Waals surface area contributed by atoms with Crippen molar-refractivity contribution in [1.29, 1.82) is 0 Å². The summed E-state index contributed by atoms with van der Waals surface area (Å²) in [4.78, 5) is 4.24. The van der Waals surface area contributed by atoms with Crippen LogP contribution in [0.3, 0.4) is 0 Å². The molecule has 12 aromatic carbocycles. The van der Waals surface area contributed by atoms with Gasteiger partial charge in [-0.1, -0.05) is 170 Å². The maximum absolute atomic E-state index is 17.9. The van der Waals surface area contributed by atoms with Crippen molar-refractivity contribution in [1.82, 2.24) is 0 Å². The van der Waals surface area contributed by atoms with Crippen molar-refractivity contribution in [3.8, 4) is 44.5 Å². The lowest BCUT2D eigenvalue weighted by Gasteiger charge is -2.32. The molecule has 0 amide bonds. The van der Waals surface area contributed by atoms with E-state index in [-0.39, 0.29) is 11.6 Å². The van der Waals surface area contributed by atoms with Crippen molar-refractivity contribution in [2.24, 2.45) is 0 Å². The van der Waals surface area contributed by atoms with Crippen molar-refractivity contribution in [3.63, 3.8) is 0 Å². The fourth-order valence-electron chi connectivity index (χ4n) is 11.0. The number of aryl methyl sites for hydroxylation is 4. The van der Waals surface area contributed by atoms with Gasteiger partial charge in [0.2, 0.25) is 0 Å². The molecule has 72 heavy (non-hydrogen) atoms. The minimum atomic E-state index is -0.332. The third-order valence-electron chi connectivity index (χ3n) is 14.0. The summed E-state index contributed by atoms with van der Waals surface area (Å²) in [6.07, 6.45) is 0. The van der Waals surface area contributed by atoms with E-state index in [2.05, 4.69) is 159 Å². The van der Waals surface area contributed by atoms with Gasteiger partial charge in [0.25, 0.3) is 0 Å². The summed E-state index contributed by atoms with van der Waals surface area (Å²) >= 11 is 0. The second kappa shape index (κ2) is 18.1. The maximum Gasteiger partial charge on any atom is 0.148 e. The van der Waals surface area contributed by atoms with Gasteiger partial charge < -0.3 is 9.80 Å². The van der Waals surface area contributed by atoms with E-state index in [0.29, 0.717) is 11.4 Å². The zero-order valence-electron chi connectivity index (χ0n) is 40.6. The molecule has 0 atom stereocenters. The highest BCUT2D eigenvalue weighted by Crippen LogP contribution is 2.52. The van der Waals surface area contributed by atoms with E-state index in [1.807, 2.05) is 97.1 Å². The van der Waals surface area contributed by atoms with E-state index in [4.69, 9.17) is 0 Å². The van der Waals surface area contributed by atoms with Gasteiger partial charge in [0.05, 0.1) is 22.7 Å². The highest BCUT2D eigenvalue weighted by atomic mass is 19.1. The van der Waals surface area contributed by atoms with Crippen molar-refractivity contribution in [3.05, 3.63) is 264 Å².